The number of hydrogen-bond donors (Lipinski definition) is 2. The van der Waals surface area contributed by atoms with E-state index in [1.54, 1.807) is 41.3 Å². The van der Waals surface area contributed by atoms with Crippen LogP contribution in [0.25, 0.3) is 0 Å². The number of fused-ring (bicyclic) bond motifs is 4. The van der Waals surface area contributed by atoms with Crippen LogP contribution in [-0.2, 0) is 40.6 Å². The Hall–Kier alpha value is -7.26. The Kier molecular flexibility index (Phi) is 14.6. The first-order chi connectivity index (χ1) is 37.1. The largest absolute Gasteiger partial charge is 0.491 e. The second-order valence-corrected chi connectivity index (χ2v) is 20.3. The molecule has 0 aromatic heterocycles. The van der Waals surface area contributed by atoms with Gasteiger partial charge in [0.15, 0.2) is 11.5 Å². The zero-order chi connectivity index (χ0) is 52.4. The average molecular weight is 1030 g/mol. The lowest BCUT2D eigenvalue weighted by atomic mass is 9.64. The van der Waals surface area contributed by atoms with Crippen LogP contribution < -0.4 is 19.1 Å². The predicted molar refractivity (Wildman–Crippen MR) is 278 cm³/mol. The van der Waals surface area contributed by atoms with Gasteiger partial charge in [0.05, 0.1) is 36.9 Å². The van der Waals surface area contributed by atoms with Crippen LogP contribution in [0.3, 0.4) is 0 Å². The Labute approximate surface area is 442 Å². The van der Waals surface area contributed by atoms with Gasteiger partial charge in [-0.05, 0) is 84.3 Å². The number of carbonyl (C=O) groups is 4. The first-order valence-corrected chi connectivity index (χ1v) is 26.3. The number of ether oxygens (including phenoxy) is 6. The Morgan fingerprint density at radius 2 is 1.47 bits per heavy atom. The number of aliphatic hydroxyl groups is 2. The van der Waals surface area contributed by atoms with Gasteiger partial charge in [-0.2, -0.15) is 0 Å². The number of benzene rings is 5. The fourth-order valence-electron chi connectivity index (χ4n) is 12.4. The molecule has 5 aromatic carbocycles. The number of aliphatic hydroxyl groups excluding tert-OH is 1. The number of para-hydroxylation sites is 1. The maximum atomic E-state index is 16.8. The highest BCUT2D eigenvalue weighted by atomic mass is 16.7. The van der Waals surface area contributed by atoms with Crippen molar-refractivity contribution >= 4 is 29.6 Å². The monoisotopic (exact) mass is 1030 g/mol. The van der Waals surface area contributed by atoms with Gasteiger partial charge < -0.3 is 43.5 Å². The maximum Gasteiger partial charge on any atom is 0.421 e. The molecule has 11 rings (SSSR count). The summed E-state index contributed by atoms with van der Waals surface area (Å²) in [5, 5.41) is 22.0. The molecule has 1 spiro atoms. The Morgan fingerprint density at radius 1 is 0.763 bits per heavy atom. The zero-order valence-corrected chi connectivity index (χ0v) is 42.5. The van der Waals surface area contributed by atoms with Crippen LogP contribution in [0.4, 0.5) is 10.5 Å². The molecule has 16 heteroatoms. The lowest BCUT2D eigenvalue weighted by molar-refractivity contribution is -0.179. The van der Waals surface area contributed by atoms with Gasteiger partial charge in [0.2, 0.25) is 18.6 Å². The van der Waals surface area contributed by atoms with Crippen LogP contribution in [0.2, 0.25) is 0 Å². The quantitative estimate of drug-likeness (QED) is 0.0565. The van der Waals surface area contributed by atoms with E-state index < -0.39 is 65.0 Å². The summed E-state index contributed by atoms with van der Waals surface area (Å²) in [7, 11) is 1.47. The van der Waals surface area contributed by atoms with E-state index in [4.69, 9.17) is 28.4 Å². The Morgan fingerprint density at radius 3 is 2.21 bits per heavy atom. The second-order valence-electron chi connectivity index (χ2n) is 20.3. The SMILES string of the molecule is COCCOC(=O)N1C(=O)[C@@]2(c3cc(C#CC4(O)CCCCCC4)ccc31)[C@H](C(=O)N1CCN(Cc3ccc4c(c3)OCO4)CC1)[C@H]1C(=O)O[C@H](c3ccccc3)[C@H](c3ccccc3)N1[C@@H]2c1ccccc1OCCO. The molecular weight excluding hydrogens is 969 g/mol. The molecule has 1 aliphatic carbocycles. The van der Waals surface area contributed by atoms with E-state index in [0.29, 0.717) is 66.4 Å². The standard InChI is InChI=1S/C60H62N4O12/c1-71-34-35-73-58(69)63-46-22-20-40(24-27-59(70)25-12-2-3-13-26-59)36-45(46)60(57(63)68)50(55(66)62-30-28-61(29-31-62)38-41-21-23-48-49(37-41)75-39-74-48)52-56(67)76-53(43-16-8-5-9-17-43)51(42-14-6-4-7-15-42)64(52)54(60)44-18-10-11-19-47(44)72-33-32-65/h4-11,14-23,36-37,50-54,65,70H,2-3,12-13,25-26,28-35,38-39H2,1H3/t50-,51-,52-,53+,54+,60-/m0/s1. The third kappa shape index (κ3) is 9.34. The van der Waals surface area contributed by atoms with E-state index in [1.807, 2.05) is 89.8 Å². The summed E-state index contributed by atoms with van der Waals surface area (Å²) in [5.74, 6) is 4.59. The number of cyclic esters (lactones) is 1. The van der Waals surface area contributed by atoms with E-state index in [9.17, 15) is 15.0 Å². The first kappa shape index (κ1) is 50.9. The van der Waals surface area contributed by atoms with Gasteiger partial charge in [0.25, 0.3) is 0 Å². The summed E-state index contributed by atoms with van der Waals surface area (Å²) in [5.41, 5.74) is 0.379. The molecule has 3 amide bonds. The Bertz CT molecular complexity index is 3020. The lowest BCUT2D eigenvalue weighted by Gasteiger charge is -2.46. The summed E-state index contributed by atoms with van der Waals surface area (Å²) in [6.45, 7) is 1.60. The van der Waals surface area contributed by atoms with Crippen LogP contribution in [0.15, 0.2) is 121 Å². The topological polar surface area (TPSA) is 177 Å². The molecule has 3 saturated heterocycles. The molecule has 6 aliphatic rings. The third-order valence-corrected chi connectivity index (χ3v) is 15.9. The zero-order valence-electron chi connectivity index (χ0n) is 42.5. The highest BCUT2D eigenvalue weighted by Crippen LogP contribution is 2.67. The average Bonchev–Trinajstić information content (AvgIpc) is 3.77. The van der Waals surface area contributed by atoms with Crippen molar-refractivity contribution in [2.75, 3.05) is 71.4 Å². The summed E-state index contributed by atoms with van der Waals surface area (Å²) < 4.78 is 35.4. The van der Waals surface area contributed by atoms with E-state index in [-0.39, 0.29) is 57.6 Å². The molecule has 0 radical (unpaired) electrons. The van der Waals surface area contributed by atoms with Crippen molar-refractivity contribution in [3.8, 4) is 29.1 Å². The normalized spacial score (nSPS) is 24.8. The van der Waals surface area contributed by atoms with Crippen molar-refractivity contribution < 1.29 is 57.8 Å². The van der Waals surface area contributed by atoms with E-state index >= 15 is 14.4 Å². The number of carbonyl (C=O) groups excluding carboxylic acids is 4. The predicted octanol–water partition coefficient (Wildman–Crippen LogP) is 7.02. The summed E-state index contributed by atoms with van der Waals surface area (Å²) in [6, 6.07) is 33.5. The van der Waals surface area contributed by atoms with Crippen molar-refractivity contribution in [2.45, 2.75) is 80.3 Å². The van der Waals surface area contributed by atoms with Crippen molar-refractivity contribution in [1.82, 2.24) is 14.7 Å². The summed E-state index contributed by atoms with van der Waals surface area (Å²) in [6.07, 6.45) is 2.70. The van der Waals surface area contributed by atoms with Gasteiger partial charge in [0.1, 0.15) is 42.1 Å². The number of piperazine rings is 1. The molecular formula is C60H62N4O12. The lowest BCUT2D eigenvalue weighted by Crippen LogP contribution is -2.59. The van der Waals surface area contributed by atoms with Gasteiger partial charge in [-0.25, -0.2) is 9.69 Å². The molecule has 5 aliphatic heterocycles. The van der Waals surface area contributed by atoms with Gasteiger partial charge in [0, 0.05) is 51.0 Å². The molecule has 5 aromatic rings. The van der Waals surface area contributed by atoms with Crippen LogP contribution in [0, 0.1) is 17.8 Å². The van der Waals surface area contributed by atoms with Crippen molar-refractivity contribution in [2.24, 2.45) is 5.92 Å². The number of rotatable bonds is 12. The number of imide groups is 1. The first-order valence-electron chi connectivity index (χ1n) is 26.3. The minimum absolute atomic E-state index is 0.0461. The number of amides is 3. The second kappa shape index (κ2) is 21.8. The van der Waals surface area contributed by atoms with Crippen LogP contribution in [0.5, 0.6) is 17.2 Å². The molecule has 16 nitrogen and oxygen atoms in total. The molecule has 5 heterocycles. The molecule has 6 atom stereocenters. The van der Waals surface area contributed by atoms with Crippen molar-refractivity contribution in [1.29, 1.82) is 0 Å². The molecule has 0 unspecified atom stereocenters. The smallest absolute Gasteiger partial charge is 0.421 e. The number of esters is 1. The minimum atomic E-state index is -2.10. The number of methoxy groups -OCH3 is 1. The van der Waals surface area contributed by atoms with Crippen LogP contribution >= 0.6 is 0 Å². The highest BCUT2D eigenvalue weighted by Gasteiger charge is 2.76. The number of anilines is 1. The molecule has 1 saturated carbocycles. The van der Waals surface area contributed by atoms with Gasteiger partial charge in [-0.15, -0.1) is 0 Å². The van der Waals surface area contributed by atoms with Gasteiger partial charge in [-0.3, -0.25) is 24.2 Å². The fourth-order valence-corrected chi connectivity index (χ4v) is 12.4. The molecule has 4 fully saturated rings. The summed E-state index contributed by atoms with van der Waals surface area (Å²) >= 11 is 0. The van der Waals surface area contributed by atoms with E-state index in [0.717, 1.165) is 41.7 Å². The van der Waals surface area contributed by atoms with Crippen LogP contribution in [-0.4, -0.2) is 127 Å². The molecule has 394 valence electrons. The molecule has 2 N–H and O–H groups in total. The highest BCUT2D eigenvalue weighted by molar-refractivity contribution is 6.23. The number of morpholine rings is 1. The van der Waals surface area contributed by atoms with Gasteiger partial charge in [-0.1, -0.05) is 110 Å². The van der Waals surface area contributed by atoms with E-state index in [1.165, 1.54) is 7.11 Å². The van der Waals surface area contributed by atoms with Crippen molar-refractivity contribution in [3.05, 3.63) is 155 Å². The summed E-state index contributed by atoms with van der Waals surface area (Å²) in [4.78, 5) is 70.8. The fraction of sp³-hybridized carbons (Fsp3) is 0.400. The third-order valence-electron chi connectivity index (χ3n) is 15.9. The molecule has 76 heavy (non-hydrogen) atoms. The number of hydrogen-bond acceptors (Lipinski definition) is 14. The van der Waals surface area contributed by atoms with Gasteiger partial charge >= 0.3 is 12.1 Å². The maximum absolute atomic E-state index is 16.8. The van der Waals surface area contributed by atoms with E-state index in [2.05, 4.69) is 16.7 Å². The van der Waals surface area contributed by atoms with Crippen molar-refractivity contribution in [3.63, 3.8) is 0 Å². The number of nitrogens with zero attached hydrogens (tertiary/aromatic N) is 4. The minimum Gasteiger partial charge on any atom is -0.491 e. The molecule has 0 bridgehead atoms. The Balaban J connectivity index is 1.13. The van der Waals surface area contributed by atoms with Crippen LogP contribution in [0.1, 0.15) is 90.1 Å².